The summed E-state index contributed by atoms with van der Waals surface area (Å²) in [5.74, 6) is 1.35. The highest BCUT2D eigenvalue weighted by molar-refractivity contribution is 7.15. The number of aryl methyl sites for hydroxylation is 2. The number of nitrogens with one attached hydrogen (secondary N) is 1. The van der Waals surface area contributed by atoms with Crippen molar-refractivity contribution in [3.63, 3.8) is 0 Å². The van der Waals surface area contributed by atoms with Gasteiger partial charge in [-0.15, -0.1) is 11.3 Å². The lowest BCUT2D eigenvalue weighted by Crippen LogP contribution is -2.28. The number of thiazole rings is 1. The van der Waals surface area contributed by atoms with E-state index < -0.39 is 5.41 Å². The molecule has 2 aliphatic carbocycles. The molecule has 3 aromatic rings. The molecular weight excluding hydrogens is 374 g/mol. The first-order chi connectivity index (χ1) is 13.7. The Balaban J connectivity index is 1.36. The average molecular weight is 395 g/mol. The fraction of sp³-hybridized carbons (Fsp3) is 0.381. The van der Waals surface area contributed by atoms with E-state index in [1.165, 1.54) is 17.7 Å². The van der Waals surface area contributed by atoms with Gasteiger partial charge in [0.1, 0.15) is 5.75 Å². The van der Waals surface area contributed by atoms with Crippen molar-refractivity contribution >= 4 is 22.4 Å². The van der Waals surface area contributed by atoms with Gasteiger partial charge in [0.15, 0.2) is 10.9 Å². The van der Waals surface area contributed by atoms with E-state index in [1.807, 2.05) is 30.3 Å². The summed E-state index contributed by atoms with van der Waals surface area (Å²) in [5, 5.41) is 7.96. The average Bonchev–Trinajstić information content (AvgIpc) is 3.20. The Morgan fingerprint density at radius 1 is 1.25 bits per heavy atom. The highest BCUT2D eigenvalue weighted by Gasteiger charge is 2.54. The lowest BCUT2D eigenvalue weighted by Gasteiger charge is -2.10. The van der Waals surface area contributed by atoms with Crippen LogP contribution in [0.3, 0.4) is 0 Å². The lowest BCUT2D eigenvalue weighted by atomic mass is 10.0. The molecular formula is C21H21N3O3S. The van der Waals surface area contributed by atoms with E-state index in [2.05, 4.69) is 15.5 Å². The number of methoxy groups -OCH3 is 1. The van der Waals surface area contributed by atoms with Crippen molar-refractivity contribution < 1.29 is 14.1 Å². The molecule has 0 spiro atoms. The predicted octanol–water partition coefficient (Wildman–Crippen LogP) is 4.36. The van der Waals surface area contributed by atoms with Crippen LogP contribution in [-0.4, -0.2) is 23.2 Å². The number of anilines is 1. The van der Waals surface area contributed by atoms with E-state index in [0.717, 1.165) is 42.7 Å². The van der Waals surface area contributed by atoms with Crippen LogP contribution in [0.15, 0.2) is 34.9 Å². The second-order valence-electron chi connectivity index (χ2n) is 7.44. The van der Waals surface area contributed by atoms with Crippen molar-refractivity contribution in [3.8, 4) is 17.1 Å². The van der Waals surface area contributed by atoms with E-state index in [-0.39, 0.29) is 5.91 Å². The van der Waals surface area contributed by atoms with Gasteiger partial charge in [0.2, 0.25) is 5.91 Å². The van der Waals surface area contributed by atoms with Gasteiger partial charge in [-0.1, -0.05) is 17.3 Å². The summed E-state index contributed by atoms with van der Waals surface area (Å²) in [6.45, 7) is 0. The second kappa shape index (κ2) is 6.74. The number of rotatable bonds is 5. The smallest absolute Gasteiger partial charge is 0.238 e. The molecule has 1 amide bonds. The molecule has 2 aliphatic rings. The SMILES string of the molecule is COc1cccc(-c2cc(C3(C(=O)Nc4nc5c(s4)CCCC5)CC3)no2)c1. The lowest BCUT2D eigenvalue weighted by molar-refractivity contribution is -0.118. The molecule has 144 valence electrons. The molecule has 1 aromatic carbocycles. The van der Waals surface area contributed by atoms with E-state index >= 15 is 0 Å². The number of amides is 1. The Morgan fingerprint density at radius 2 is 2.11 bits per heavy atom. The maximum absolute atomic E-state index is 13.0. The molecule has 0 unspecified atom stereocenters. The van der Waals surface area contributed by atoms with E-state index in [4.69, 9.17) is 9.26 Å². The minimum Gasteiger partial charge on any atom is -0.497 e. The van der Waals surface area contributed by atoms with Crippen LogP contribution >= 0.6 is 11.3 Å². The van der Waals surface area contributed by atoms with Gasteiger partial charge in [0.05, 0.1) is 23.9 Å². The Labute approximate surface area is 166 Å². The van der Waals surface area contributed by atoms with Crippen LogP contribution in [-0.2, 0) is 23.1 Å². The van der Waals surface area contributed by atoms with Crippen molar-refractivity contribution in [3.05, 3.63) is 46.6 Å². The first-order valence-electron chi connectivity index (χ1n) is 9.60. The number of fused-ring (bicyclic) bond motifs is 1. The molecule has 0 bridgehead atoms. The Hall–Kier alpha value is -2.67. The number of hydrogen-bond acceptors (Lipinski definition) is 6. The zero-order chi connectivity index (χ0) is 19.1. The maximum atomic E-state index is 13.0. The number of carbonyl (C=O) groups is 1. The number of ether oxygens (including phenoxy) is 1. The largest absolute Gasteiger partial charge is 0.497 e. The first-order valence-corrected chi connectivity index (χ1v) is 10.4. The van der Waals surface area contributed by atoms with E-state index in [1.54, 1.807) is 18.4 Å². The molecule has 7 heteroatoms. The minimum absolute atomic E-state index is 0.0379. The van der Waals surface area contributed by atoms with Crippen LogP contribution in [0.5, 0.6) is 5.75 Å². The topological polar surface area (TPSA) is 77.2 Å². The molecule has 0 radical (unpaired) electrons. The van der Waals surface area contributed by atoms with Gasteiger partial charge >= 0.3 is 0 Å². The second-order valence-corrected chi connectivity index (χ2v) is 8.52. The van der Waals surface area contributed by atoms with Crippen molar-refractivity contribution in [1.82, 2.24) is 10.1 Å². The Kier molecular flexibility index (Phi) is 4.19. The molecule has 0 aliphatic heterocycles. The predicted molar refractivity (Wildman–Crippen MR) is 107 cm³/mol. The number of carbonyl (C=O) groups excluding carboxylic acids is 1. The fourth-order valence-electron chi connectivity index (χ4n) is 3.76. The standard InChI is InChI=1S/C21H21N3O3S/c1-26-14-6-4-5-13(11-14)16-12-18(24-27-16)21(9-10-21)19(25)23-20-22-15-7-2-3-8-17(15)28-20/h4-6,11-12H,2-3,7-10H2,1H3,(H,22,23,25). The van der Waals surface area contributed by atoms with Gasteiger partial charge in [0.25, 0.3) is 0 Å². The molecule has 28 heavy (non-hydrogen) atoms. The maximum Gasteiger partial charge on any atom is 0.238 e. The van der Waals surface area contributed by atoms with Crippen LogP contribution in [0.2, 0.25) is 0 Å². The molecule has 2 aromatic heterocycles. The van der Waals surface area contributed by atoms with Crippen LogP contribution in [0.4, 0.5) is 5.13 Å². The summed E-state index contributed by atoms with van der Waals surface area (Å²) in [5.41, 5.74) is 2.11. The highest BCUT2D eigenvalue weighted by atomic mass is 32.1. The van der Waals surface area contributed by atoms with Gasteiger partial charge in [-0.2, -0.15) is 0 Å². The molecule has 1 saturated carbocycles. The summed E-state index contributed by atoms with van der Waals surface area (Å²) < 4.78 is 10.8. The summed E-state index contributed by atoms with van der Waals surface area (Å²) in [4.78, 5) is 18.9. The molecule has 5 rings (SSSR count). The number of aromatic nitrogens is 2. The summed E-state index contributed by atoms with van der Waals surface area (Å²) in [7, 11) is 1.63. The van der Waals surface area contributed by atoms with Crippen LogP contribution in [0, 0.1) is 0 Å². The summed E-state index contributed by atoms with van der Waals surface area (Å²) in [6, 6.07) is 9.48. The van der Waals surface area contributed by atoms with Crippen molar-refractivity contribution in [2.24, 2.45) is 0 Å². The van der Waals surface area contributed by atoms with Crippen LogP contribution in [0.25, 0.3) is 11.3 Å². The number of nitrogens with zero attached hydrogens (tertiary/aromatic N) is 2. The Bertz CT molecular complexity index is 1010. The number of benzene rings is 1. The van der Waals surface area contributed by atoms with Gasteiger partial charge in [0, 0.05) is 16.5 Å². The molecule has 0 atom stereocenters. The zero-order valence-electron chi connectivity index (χ0n) is 15.7. The molecule has 6 nitrogen and oxygen atoms in total. The third-order valence-electron chi connectivity index (χ3n) is 5.61. The summed E-state index contributed by atoms with van der Waals surface area (Å²) >= 11 is 1.61. The molecule has 0 saturated heterocycles. The third-order valence-corrected chi connectivity index (χ3v) is 6.68. The summed E-state index contributed by atoms with van der Waals surface area (Å²) in [6.07, 6.45) is 6.02. The van der Waals surface area contributed by atoms with Gasteiger partial charge < -0.3 is 14.6 Å². The van der Waals surface area contributed by atoms with E-state index in [0.29, 0.717) is 16.6 Å². The minimum atomic E-state index is -0.604. The third kappa shape index (κ3) is 2.99. The first kappa shape index (κ1) is 17.4. The molecule has 1 N–H and O–H groups in total. The van der Waals surface area contributed by atoms with Gasteiger partial charge in [-0.05, 0) is 50.7 Å². The van der Waals surface area contributed by atoms with Gasteiger partial charge in [-0.3, -0.25) is 4.79 Å². The highest BCUT2D eigenvalue weighted by Crippen LogP contribution is 2.49. The normalized spacial score (nSPS) is 17.0. The van der Waals surface area contributed by atoms with Crippen molar-refractivity contribution in [2.75, 3.05) is 12.4 Å². The zero-order valence-corrected chi connectivity index (χ0v) is 16.5. The van der Waals surface area contributed by atoms with Crippen molar-refractivity contribution in [1.29, 1.82) is 0 Å². The van der Waals surface area contributed by atoms with Crippen molar-refractivity contribution in [2.45, 2.75) is 43.9 Å². The van der Waals surface area contributed by atoms with Crippen LogP contribution in [0.1, 0.15) is 41.9 Å². The quantitative estimate of drug-likeness (QED) is 0.695. The number of hydrogen-bond donors (Lipinski definition) is 1. The van der Waals surface area contributed by atoms with Gasteiger partial charge in [-0.25, -0.2) is 4.98 Å². The molecule has 1 fully saturated rings. The monoisotopic (exact) mass is 395 g/mol. The Morgan fingerprint density at radius 3 is 2.89 bits per heavy atom. The van der Waals surface area contributed by atoms with Crippen LogP contribution < -0.4 is 10.1 Å². The van der Waals surface area contributed by atoms with E-state index in [9.17, 15) is 4.79 Å². The fourth-order valence-corrected chi connectivity index (χ4v) is 4.80. The molecule has 2 heterocycles.